The maximum Gasteiger partial charge on any atom is 0.178 e. The highest BCUT2D eigenvalue weighted by Gasteiger charge is 2.26. The molecule has 1 unspecified atom stereocenters. The van der Waals surface area contributed by atoms with Crippen molar-refractivity contribution in [2.45, 2.75) is 51.9 Å². The van der Waals surface area contributed by atoms with Crippen LogP contribution in [0.2, 0.25) is 0 Å². The molecule has 2 rings (SSSR count). The van der Waals surface area contributed by atoms with Crippen LogP contribution in [0.3, 0.4) is 0 Å². The number of aliphatic hydroxyl groups is 2. The molecule has 3 nitrogen and oxygen atoms in total. The Bertz CT molecular complexity index is 411. The van der Waals surface area contributed by atoms with Crippen LogP contribution in [0.1, 0.15) is 49.7 Å². The van der Waals surface area contributed by atoms with Gasteiger partial charge in [-0.1, -0.05) is 32.0 Å². The van der Waals surface area contributed by atoms with Crippen LogP contribution in [0.25, 0.3) is 0 Å². The minimum atomic E-state index is -1.35. The van der Waals surface area contributed by atoms with Crippen molar-refractivity contribution in [1.82, 2.24) is 4.90 Å². The van der Waals surface area contributed by atoms with Crippen LogP contribution < -0.4 is 0 Å². The molecular weight excluding hydrogens is 238 g/mol. The number of nitrogens with zero attached hydrogens (tertiary/aromatic N) is 1. The van der Waals surface area contributed by atoms with E-state index in [4.69, 9.17) is 0 Å². The summed E-state index contributed by atoms with van der Waals surface area (Å²) in [6.45, 7) is 6.76. The van der Waals surface area contributed by atoms with Gasteiger partial charge in [-0.25, -0.2) is 0 Å². The SMILES string of the molecule is CCCN(CCC)C1Cc2ccc(C(O)O)cc2C1. The molecule has 0 fully saturated rings. The Labute approximate surface area is 115 Å². The average molecular weight is 263 g/mol. The lowest BCUT2D eigenvalue weighted by Gasteiger charge is -2.27. The summed E-state index contributed by atoms with van der Waals surface area (Å²) in [5.41, 5.74) is 3.26. The molecule has 1 aromatic rings. The molecule has 19 heavy (non-hydrogen) atoms. The van der Waals surface area contributed by atoms with E-state index >= 15 is 0 Å². The quantitative estimate of drug-likeness (QED) is 0.774. The molecule has 2 N–H and O–H groups in total. The number of benzene rings is 1. The first-order chi connectivity index (χ1) is 9.15. The Morgan fingerprint density at radius 3 is 2.32 bits per heavy atom. The maximum atomic E-state index is 9.24. The number of hydrogen-bond acceptors (Lipinski definition) is 3. The van der Waals surface area contributed by atoms with E-state index in [0.29, 0.717) is 11.6 Å². The van der Waals surface area contributed by atoms with Crippen LogP contribution in [0, 0.1) is 0 Å². The number of hydrogen-bond donors (Lipinski definition) is 2. The Morgan fingerprint density at radius 1 is 1.11 bits per heavy atom. The number of aliphatic hydroxyl groups excluding tert-OH is 1. The van der Waals surface area contributed by atoms with Crippen LogP contribution in [-0.4, -0.2) is 34.2 Å². The highest BCUT2D eigenvalue weighted by molar-refractivity contribution is 5.37. The fraction of sp³-hybridized carbons (Fsp3) is 0.625. The molecule has 1 aliphatic rings. The fourth-order valence-electron chi connectivity index (χ4n) is 3.09. The fourth-order valence-corrected chi connectivity index (χ4v) is 3.09. The first-order valence-electron chi connectivity index (χ1n) is 7.37. The molecule has 0 heterocycles. The molecule has 1 aromatic carbocycles. The van der Waals surface area contributed by atoms with E-state index in [-0.39, 0.29) is 0 Å². The summed E-state index contributed by atoms with van der Waals surface area (Å²) < 4.78 is 0. The van der Waals surface area contributed by atoms with Crippen molar-refractivity contribution in [3.63, 3.8) is 0 Å². The molecule has 0 spiro atoms. The Morgan fingerprint density at radius 2 is 1.74 bits per heavy atom. The minimum Gasteiger partial charge on any atom is -0.364 e. The molecule has 0 aromatic heterocycles. The third-order valence-corrected chi connectivity index (χ3v) is 3.98. The van der Waals surface area contributed by atoms with Crippen molar-refractivity contribution in [1.29, 1.82) is 0 Å². The highest BCUT2D eigenvalue weighted by Crippen LogP contribution is 2.28. The van der Waals surface area contributed by atoms with Gasteiger partial charge < -0.3 is 10.2 Å². The molecule has 0 saturated heterocycles. The van der Waals surface area contributed by atoms with Gasteiger partial charge in [-0.05, 0) is 49.9 Å². The van der Waals surface area contributed by atoms with E-state index in [1.54, 1.807) is 0 Å². The molecular formula is C16H25NO2. The topological polar surface area (TPSA) is 43.7 Å². The summed E-state index contributed by atoms with van der Waals surface area (Å²) in [6.07, 6.45) is 3.15. The summed E-state index contributed by atoms with van der Waals surface area (Å²) in [5, 5.41) is 18.5. The molecule has 0 saturated carbocycles. The second kappa shape index (κ2) is 6.51. The molecule has 106 valence electrons. The third-order valence-electron chi connectivity index (χ3n) is 3.98. The summed E-state index contributed by atoms with van der Waals surface area (Å²) in [6, 6.07) is 6.42. The molecule has 0 amide bonds. The zero-order valence-corrected chi connectivity index (χ0v) is 12.0. The van der Waals surface area contributed by atoms with Crippen LogP contribution in [0.5, 0.6) is 0 Å². The van der Waals surface area contributed by atoms with Gasteiger partial charge >= 0.3 is 0 Å². The molecule has 0 bridgehead atoms. The van der Waals surface area contributed by atoms with E-state index in [2.05, 4.69) is 24.8 Å². The van der Waals surface area contributed by atoms with Gasteiger partial charge in [-0.15, -0.1) is 0 Å². The van der Waals surface area contributed by atoms with Crippen LogP contribution >= 0.6 is 0 Å². The number of fused-ring (bicyclic) bond motifs is 1. The lowest BCUT2D eigenvalue weighted by molar-refractivity contribution is -0.0425. The lowest BCUT2D eigenvalue weighted by atomic mass is 10.1. The minimum absolute atomic E-state index is 0.584. The standard InChI is InChI=1S/C16H25NO2/c1-3-7-17(8-4-2)15-10-12-5-6-13(16(18)19)9-14(12)11-15/h5-6,9,15-16,18-19H,3-4,7-8,10-11H2,1-2H3. The van der Waals surface area contributed by atoms with Gasteiger partial charge in [0.05, 0.1) is 0 Å². The highest BCUT2D eigenvalue weighted by atomic mass is 16.5. The second-order valence-corrected chi connectivity index (χ2v) is 5.50. The van der Waals surface area contributed by atoms with E-state index < -0.39 is 6.29 Å². The summed E-state index contributed by atoms with van der Waals surface area (Å²) in [5.74, 6) is 0. The average Bonchev–Trinajstić information content (AvgIpc) is 2.80. The Balaban J connectivity index is 2.10. The maximum absolute atomic E-state index is 9.24. The summed E-state index contributed by atoms with van der Waals surface area (Å²) in [7, 11) is 0. The van der Waals surface area contributed by atoms with Gasteiger partial charge in [0, 0.05) is 11.6 Å². The summed E-state index contributed by atoms with van der Waals surface area (Å²) in [4.78, 5) is 2.58. The van der Waals surface area contributed by atoms with Gasteiger partial charge in [0.1, 0.15) is 0 Å². The first-order valence-corrected chi connectivity index (χ1v) is 7.37. The van der Waals surface area contributed by atoms with Crippen molar-refractivity contribution in [3.8, 4) is 0 Å². The van der Waals surface area contributed by atoms with Crippen molar-refractivity contribution in [2.24, 2.45) is 0 Å². The van der Waals surface area contributed by atoms with Gasteiger partial charge in [0.2, 0.25) is 0 Å². The second-order valence-electron chi connectivity index (χ2n) is 5.50. The van der Waals surface area contributed by atoms with Gasteiger partial charge in [0.25, 0.3) is 0 Å². The predicted octanol–water partition coefficient (Wildman–Crippen LogP) is 2.26. The zero-order valence-electron chi connectivity index (χ0n) is 12.0. The van der Waals surface area contributed by atoms with Crippen molar-refractivity contribution in [2.75, 3.05) is 13.1 Å². The molecule has 3 heteroatoms. The summed E-state index contributed by atoms with van der Waals surface area (Å²) >= 11 is 0. The lowest BCUT2D eigenvalue weighted by Crippen LogP contribution is -2.37. The number of rotatable bonds is 6. The van der Waals surface area contributed by atoms with Gasteiger partial charge in [0.15, 0.2) is 6.29 Å². The smallest absolute Gasteiger partial charge is 0.178 e. The normalized spacial score (nSPS) is 18.3. The molecule has 1 atom stereocenters. The van der Waals surface area contributed by atoms with Gasteiger partial charge in [-0.2, -0.15) is 0 Å². The van der Waals surface area contributed by atoms with E-state index in [1.165, 1.54) is 24.0 Å². The van der Waals surface area contributed by atoms with E-state index in [0.717, 1.165) is 25.9 Å². The van der Waals surface area contributed by atoms with Crippen molar-refractivity contribution in [3.05, 3.63) is 34.9 Å². The predicted molar refractivity (Wildman–Crippen MR) is 77.0 cm³/mol. The van der Waals surface area contributed by atoms with Crippen LogP contribution in [0.15, 0.2) is 18.2 Å². The molecule has 0 aliphatic heterocycles. The third kappa shape index (κ3) is 3.35. The monoisotopic (exact) mass is 263 g/mol. The van der Waals surface area contributed by atoms with Crippen LogP contribution in [0.4, 0.5) is 0 Å². The zero-order chi connectivity index (χ0) is 13.8. The van der Waals surface area contributed by atoms with E-state index in [1.807, 2.05) is 12.1 Å². The van der Waals surface area contributed by atoms with Gasteiger partial charge in [-0.3, -0.25) is 4.90 Å². The Hall–Kier alpha value is -0.900. The largest absolute Gasteiger partial charge is 0.364 e. The van der Waals surface area contributed by atoms with Crippen molar-refractivity contribution >= 4 is 0 Å². The van der Waals surface area contributed by atoms with E-state index in [9.17, 15) is 10.2 Å². The van der Waals surface area contributed by atoms with Crippen LogP contribution in [-0.2, 0) is 12.8 Å². The molecule has 0 radical (unpaired) electrons. The Kier molecular flexibility index (Phi) is 4.97. The first kappa shape index (κ1) is 14.5. The molecule has 1 aliphatic carbocycles. The van der Waals surface area contributed by atoms with Crippen molar-refractivity contribution < 1.29 is 10.2 Å².